The second-order valence-electron chi connectivity index (χ2n) is 4.01. The Bertz CT molecular complexity index is 733. The number of thiazole rings is 1. The third-order valence-electron chi connectivity index (χ3n) is 2.91. The summed E-state index contributed by atoms with van der Waals surface area (Å²) in [5.74, 6) is 2.03. The highest BCUT2D eigenvalue weighted by molar-refractivity contribution is 7.15. The van der Waals surface area contributed by atoms with Gasteiger partial charge >= 0.3 is 0 Å². The van der Waals surface area contributed by atoms with Gasteiger partial charge in [-0.3, -0.25) is 4.40 Å². The number of hydrogen-bond acceptors (Lipinski definition) is 5. The van der Waals surface area contributed by atoms with Crippen LogP contribution in [0.15, 0.2) is 29.8 Å². The predicted octanol–water partition coefficient (Wildman–Crippen LogP) is 2.66. The smallest absolute Gasteiger partial charge is 0.196 e. The number of hydrogen-bond donors (Lipinski definition) is 1. The predicted molar refractivity (Wildman–Crippen MR) is 76.0 cm³/mol. The zero-order valence-corrected chi connectivity index (χ0v) is 11.4. The van der Waals surface area contributed by atoms with Crippen LogP contribution in [0.3, 0.4) is 0 Å². The lowest BCUT2D eigenvalue weighted by Crippen LogP contribution is -1.92. The van der Waals surface area contributed by atoms with Crippen LogP contribution in [-0.2, 0) is 0 Å². The Labute approximate surface area is 114 Å². The standard InChI is InChI=1S/C13H13N3O2S/c1-17-8-3-4-9(11(5-8)18-2)10-7-19-13-15-12(14)6-16(10)13/h3-7H,14H2,1-2H3. The number of ether oxygens (including phenoxy) is 2. The Balaban J connectivity index is 2.20. The Morgan fingerprint density at radius 3 is 2.84 bits per heavy atom. The van der Waals surface area contributed by atoms with Crippen molar-refractivity contribution in [1.82, 2.24) is 9.38 Å². The fourth-order valence-electron chi connectivity index (χ4n) is 2.01. The molecular weight excluding hydrogens is 262 g/mol. The van der Waals surface area contributed by atoms with E-state index in [9.17, 15) is 0 Å². The monoisotopic (exact) mass is 275 g/mol. The number of nitrogen functional groups attached to an aromatic ring is 1. The molecule has 0 saturated carbocycles. The SMILES string of the molecule is COc1ccc(-c2csc3nc(N)cn23)c(OC)c1. The molecule has 0 bridgehead atoms. The maximum atomic E-state index is 5.72. The molecule has 0 aliphatic carbocycles. The second kappa shape index (κ2) is 4.47. The number of methoxy groups -OCH3 is 2. The zero-order valence-electron chi connectivity index (χ0n) is 10.6. The maximum absolute atomic E-state index is 5.72. The van der Waals surface area contributed by atoms with Gasteiger partial charge in [0.2, 0.25) is 0 Å². The summed E-state index contributed by atoms with van der Waals surface area (Å²) in [5.41, 5.74) is 7.70. The van der Waals surface area contributed by atoms with E-state index in [1.807, 2.05) is 34.2 Å². The lowest BCUT2D eigenvalue weighted by atomic mass is 10.1. The molecule has 0 unspecified atom stereocenters. The first-order valence-corrected chi connectivity index (χ1v) is 6.55. The van der Waals surface area contributed by atoms with E-state index in [1.54, 1.807) is 25.6 Å². The molecule has 2 heterocycles. The lowest BCUT2D eigenvalue weighted by molar-refractivity contribution is 0.395. The number of imidazole rings is 1. The van der Waals surface area contributed by atoms with Gasteiger partial charge in [-0.15, -0.1) is 11.3 Å². The van der Waals surface area contributed by atoms with Crippen molar-refractivity contribution in [1.29, 1.82) is 0 Å². The summed E-state index contributed by atoms with van der Waals surface area (Å²) in [7, 11) is 3.28. The van der Waals surface area contributed by atoms with Crippen LogP contribution in [0.4, 0.5) is 5.82 Å². The highest BCUT2D eigenvalue weighted by Gasteiger charge is 2.13. The molecule has 0 atom stereocenters. The fourth-order valence-corrected chi connectivity index (χ4v) is 2.89. The minimum atomic E-state index is 0.514. The van der Waals surface area contributed by atoms with Crippen LogP contribution in [0.1, 0.15) is 0 Å². The highest BCUT2D eigenvalue weighted by atomic mass is 32.1. The molecular formula is C13H13N3O2S. The molecule has 6 heteroatoms. The average Bonchev–Trinajstić information content (AvgIpc) is 2.97. The molecule has 0 saturated heterocycles. The van der Waals surface area contributed by atoms with Crippen molar-refractivity contribution in [3.63, 3.8) is 0 Å². The van der Waals surface area contributed by atoms with Crippen LogP contribution in [0.5, 0.6) is 11.5 Å². The fraction of sp³-hybridized carbons (Fsp3) is 0.154. The highest BCUT2D eigenvalue weighted by Crippen LogP contribution is 2.35. The van der Waals surface area contributed by atoms with Crippen LogP contribution in [0.2, 0.25) is 0 Å². The minimum Gasteiger partial charge on any atom is -0.497 e. The Morgan fingerprint density at radius 1 is 1.26 bits per heavy atom. The molecule has 5 nitrogen and oxygen atoms in total. The summed E-state index contributed by atoms with van der Waals surface area (Å²) in [4.78, 5) is 5.11. The largest absolute Gasteiger partial charge is 0.497 e. The Kier molecular flexibility index (Phi) is 2.79. The molecule has 1 aromatic carbocycles. The van der Waals surface area contributed by atoms with Gasteiger partial charge in [0.15, 0.2) is 4.96 Å². The van der Waals surface area contributed by atoms with Gasteiger partial charge in [-0.1, -0.05) is 0 Å². The number of benzene rings is 1. The van der Waals surface area contributed by atoms with Crippen LogP contribution < -0.4 is 15.2 Å². The lowest BCUT2D eigenvalue weighted by Gasteiger charge is -2.09. The summed E-state index contributed by atoms with van der Waals surface area (Å²) < 4.78 is 12.6. The zero-order chi connectivity index (χ0) is 13.4. The summed E-state index contributed by atoms with van der Waals surface area (Å²) in [6.45, 7) is 0. The molecule has 3 rings (SSSR count). The minimum absolute atomic E-state index is 0.514. The van der Waals surface area contributed by atoms with Crippen LogP contribution in [0, 0.1) is 0 Å². The van der Waals surface area contributed by atoms with E-state index in [4.69, 9.17) is 15.2 Å². The van der Waals surface area contributed by atoms with E-state index in [2.05, 4.69) is 4.98 Å². The normalized spacial score (nSPS) is 10.8. The van der Waals surface area contributed by atoms with Crippen LogP contribution in [-0.4, -0.2) is 23.6 Å². The molecule has 3 aromatic rings. The molecule has 2 N–H and O–H groups in total. The van der Waals surface area contributed by atoms with E-state index in [-0.39, 0.29) is 0 Å². The van der Waals surface area contributed by atoms with Crippen molar-refractivity contribution in [2.75, 3.05) is 20.0 Å². The first-order valence-electron chi connectivity index (χ1n) is 5.67. The van der Waals surface area contributed by atoms with Crippen molar-refractivity contribution in [3.05, 3.63) is 29.8 Å². The van der Waals surface area contributed by atoms with E-state index in [0.717, 1.165) is 27.7 Å². The van der Waals surface area contributed by atoms with Crippen LogP contribution >= 0.6 is 11.3 Å². The first kappa shape index (κ1) is 11.9. The van der Waals surface area contributed by atoms with Crippen molar-refractivity contribution in [2.45, 2.75) is 0 Å². The summed E-state index contributed by atoms with van der Waals surface area (Å²) in [6.07, 6.45) is 1.81. The maximum Gasteiger partial charge on any atom is 0.196 e. The quantitative estimate of drug-likeness (QED) is 0.798. The van der Waals surface area contributed by atoms with E-state index in [1.165, 1.54) is 0 Å². The number of nitrogens with zero attached hydrogens (tertiary/aromatic N) is 2. The Morgan fingerprint density at radius 2 is 2.11 bits per heavy atom. The van der Waals surface area contributed by atoms with Crippen molar-refractivity contribution in [3.8, 4) is 22.8 Å². The van der Waals surface area contributed by atoms with Gasteiger partial charge in [0.1, 0.15) is 17.3 Å². The van der Waals surface area contributed by atoms with Crippen molar-refractivity contribution >= 4 is 22.1 Å². The number of nitrogens with two attached hydrogens (primary N) is 1. The van der Waals surface area contributed by atoms with Gasteiger partial charge in [-0.05, 0) is 12.1 Å². The topological polar surface area (TPSA) is 61.8 Å². The number of rotatable bonds is 3. The van der Waals surface area contributed by atoms with Gasteiger partial charge in [0.25, 0.3) is 0 Å². The molecule has 0 fully saturated rings. The molecule has 2 aromatic heterocycles. The molecule has 98 valence electrons. The van der Waals surface area contributed by atoms with E-state index >= 15 is 0 Å². The number of aromatic nitrogens is 2. The molecule has 0 spiro atoms. The van der Waals surface area contributed by atoms with Gasteiger partial charge < -0.3 is 15.2 Å². The third kappa shape index (κ3) is 1.90. The number of fused-ring (bicyclic) bond motifs is 1. The summed E-state index contributed by atoms with van der Waals surface area (Å²) in [5, 5.41) is 2.03. The third-order valence-corrected chi connectivity index (χ3v) is 3.75. The molecule has 19 heavy (non-hydrogen) atoms. The average molecular weight is 275 g/mol. The van der Waals surface area contributed by atoms with Crippen molar-refractivity contribution < 1.29 is 9.47 Å². The van der Waals surface area contributed by atoms with E-state index < -0.39 is 0 Å². The molecule has 0 aliphatic rings. The van der Waals surface area contributed by atoms with Crippen LogP contribution in [0.25, 0.3) is 16.2 Å². The van der Waals surface area contributed by atoms with E-state index in [0.29, 0.717) is 5.82 Å². The summed E-state index contributed by atoms with van der Waals surface area (Å²) in [6, 6.07) is 5.73. The first-order chi connectivity index (χ1) is 9.22. The Hall–Kier alpha value is -2.21. The van der Waals surface area contributed by atoms with Crippen molar-refractivity contribution in [2.24, 2.45) is 0 Å². The van der Waals surface area contributed by atoms with Gasteiger partial charge in [-0.2, -0.15) is 0 Å². The second-order valence-corrected chi connectivity index (χ2v) is 4.84. The van der Waals surface area contributed by atoms with Gasteiger partial charge in [0.05, 0.1) is 26.1 Å². The summed E-state index contributed by atoms with van der Waals surface area (Å²) >= 11 is 1.54. The number of anilines is 1. The molecule has 0 amide bonds. The molecule has 0 aliphatic heterocycles. The molecule has 0 radical (unpaired) electrons. The van der Waals surface area contributed by atoms with Gasteiger partial charge in [0, 0.05) is 17.0 Å². The van der Waals surface area contributed by atoms with Gasteiger partial charge in [-0.25, -0.2) is 4.98 Å².